The summed E-state index contributed by atoms with van der Waals surface area (Å²) in [6.45, 7) is 1.69. The van der Waals surface area contributed by atoms with Gasteiger partial charge >= 0.3 is 5.97 Å². The van der Waals surface area contributed by atoms with Crippen molar-refractivity contribution in [3.8, 4) is 0 Å². The van der Waals surface area contributed by atoms with Crippen molar-refractivity contribution in [2.75, 3.05) is 11.5 Å². The van der Waals surface area contributed by atoms with Crippen molar-refractivity contribution in [3.63, 3.8) is 0 Å². The smallest absolute Gasteiger partial charge is 0.357 e. The number of carbonyl (C=O) groups is 2. The highest BCUT2D eigenvalue weighted by atomic mass is 16.5. The summed E-state index contributed by atoms with van der Waals surface area (Å²) in [4.78, 5) is 30.9. The highest BCUT2D eigenvalue weighted by molar-refractivity contribution is 5.99. The molecule has 3 aromatic rings. The van der Waals surface area contributed by atoms with Gasteiger partial charge in [-0.05, 0) is 37.1 Å². The van der Waals surface area contributed by atoms with Crippen molar-refractivity contribution < 1.29 is 14.3 Å². The molecule has 0 unspecified atom stereocenters. The molecule has 2 heterocycles. The number of rotatable bonds is 3. The molecule has 4 rings (SSSR count). The van der Waals surface area contributed by atoms with E-state index in [2.05, 4.69) is 4.98 Å². The standard InChI is InChI=1S/C21H18N2O3/c1-14-12-16-7-3-5-9-19(16)23(14)20(24)13-26-21(25)18-11-10-15-6-2-4-8-17(15)22-18/h2-11,14H,12-13H2,1H3/t14-/m0/s1. The Morgan fingerprint density at radius 3 is 2.73 bits per heavy atom. The minimum atomic E-state index is -0.593. The molecule has 1 aromatic heterocycles. The third-order valence-electron chi connectivity index (χ3n) is 4.61. The molecule has 0 fully saturated rings. The molecule has 0 N–H and O–H groups in total. The van der Waals surface area contributed by atoms with Gasteiger partial charge in [0.05, 0.1) is 5.52 Å². The number of hydrogen-bond donors (Lipinski definition) is 0. The van der Waals surface area contributed by atoms with Crippen LogP contribution in [-0.4, -0.2) is 29.5 Å². The predicted molar refractivity (Wildman–Crippen MR) is 99.1 cm³/mol. The highest BCUT2D eigenvalue weighted by Gasteiger charge is 2.31. The van der Waals surface area contributed by atoms with Crippen LogP contribution in [0, 0.1) is 0 Å². The van der Waals surface area contributed by atoms with Crippen LogP contribution in [0.3, 0.4) is 0 Å². The SMILES string of the molecule is C[C@H]1Cc2ccccc2N1C(=O)COC(=O)c1ccc2ccccc2n1. The zero-order valence-electron chi connectivity index (χ0n) is 14.4. The third-order valence-corrected chi connectivity index (χ3v) is 4.61. The minimum Gasteiger partial charge on any atom is -0.451 e. The van der Waals surface area contributed by atoms with Gasteiger partial charge in [-0.2, -0.15) is 0 Å². The summed E-state index contributed by atoms with van der Waals surface area (Å²) in [5, 5.41) is 0.947. The van der Waals surface area contributed by atoms with Gasteiger partial charge in [0.25, 0.3) is 5.91 Å². The lowest BCUT2D eigenvalue weighted by Gasteiger charge is -2.22. The molecule has 1 amide bonds. The molecule has 0 radical (unpaired) electrons. The van der Waals surface area contributed by atoms with Crippen LogP contribution >= 0.6 is 0 Å². The van der Waals surface area contributed by atoms with Crippen molar-refractivity contribution in [1.82, 2.24) is 4.98 Å². The number of hydrogen-bond acceptors (Lipinski definition) is 4. The fraction of sp³-hybridized carbons (Fsp3) is 0.190. The van der Waals surface area contributed by atoms with E-state index in [-0.39, 0.29) is 24.2 Å². The molecule has 0 spiro atoms. The molecule has 1 aliphatic heterocycles. The number of aromatic nitrogens is 1. The monoisotopic (exact) mass is 346 g/mol. The molecule has 0 saturated carbocycles. The van der Waals surface area contributed by atoms with Gasteiger partial charge in [0, 0.05) is 17.1 Å². The molecule has 0 saturated heterocycles. The first-order chi connectivity index (χ1) is 12.6. The highest BCUT2D eigenvalue weighted by Crippen LogP contribution is 2.31. The normalized spacial score (nSPS) is 15.7. The second-order valence-corrected chi connectivity index (χ2v) is 6.41. The number of esters is 1. The fourth-order valence-electron chi connectivity index (χ4n) is 3.40. The van der Waals surface area contributed by atoms with E-state index < -0.39 is 5.97 Å². The molecule has 5 nitrogen and oxygen atoms in total. The molecule has 0 aliphatic carbocycles. The van der Waals surface area contributed by atoms with Crippen molar-refractivity contribution >= 4 is 28.5 Å². The second kappa shape index (κ2) is 6.59. The summed E-state index contributed by atoms with van der Waals surface area (Å²) in [6.07, 6.45) is 0.808. The Kier molecular flexibility index (Phi) is 4.13. The number of carbonyl (C=O) groups excluding carboxylic acids is 2. The van der Waals surface area contributed by atoms with Gasteiger partial charge in [-0.15, -0.1) is 0 Å². The van der Waals surface area contributed by atoms with E-state index in [0.29, 0.717) is 0 Å². The lowest BCUT2D eigenvalue weighted by Crippen LogP contribution is -2.38. The maximum absolute atomic E-state index is 12.6. The zero-order valence-corrected chi connectivity index (χ0v) is 14.4. The summed E-state index contributed by atoms with van der Waals surface area (Å²) in [6, 6.07) is 18.8. The summed E-state index contributed by atoms with van der Waals surface area (Å²) >= 11 is 0. The van der Waals surface area contributed by atoms with Gasteiger partial charge in [-0.25, -0.2) is 9.78 Å². The van der Waals surface area contributed by atoms with E-state index in [1.54, 1.807) is 11.0 Å². The molecule has 26 heavy (non-hydrogen) atoms. The molecule has 0 bridgehead atoms. The van der Waals surface area contributed by atoms with Crippen LogP contribution in [-0.2, 0) is 16.0 Å². The molecule has 2 aromatic carbocycles. The number of anilines is 1. The summed E-state index contributed by atoms with van der Waals surface area (Å²) in [5.41, 5.74) is 2.95. The Morgan fingerprint density at radius 1 is 1.08 bits per heavy atom. The van der Waals surface area contributed by atoms with Gasteiger partial charge in [0.2, 0.25) is 0 Å². The maximum atomic E-state index is 12.6. The van der Waals surface area contributed by atoms with E-state index >= 15 is 0 Å². The molecular formula is C21H18N2O3. The largest absolute Gasteiger partial charge is 0.451 e. The Hall–Kier alpha value is -3.21. The van der Waals surface area contributed by atoms with Gasteiger partial charge in [-0.3, -0.25) is 4.79 Å². The third kappa shape index (κ3) is 2.92. The first-order valence-corrected chi connectivity index (χ1v) is 8.56. The lowest BCUT2D eigenvalue weighted by molar-refractivity contribution is -0.122. The number of nitrogens with zero attached hydrogens (tertiary/aromatic N) is 2. The second-order valence-electron chi connectivity index (χ2n) is 6.41. The van der Waals surface area contributed by atoms with E-state index in [1.807, 2.05) is 61.5 Å². The van der Waals surface area contributed by atoms with E-state index in [0.717, 1.165) is 28.6 Å². The molecule has 5 heteroatoms. The molecule has 130 valence electrons. The van der Waals surface area contributed by atoms with Crippen LogP contribution in [0.25, 0.3) is 10.9 Å². The average Bonchev–Trinajstić information content (AvgIpc) is 3.01. The van der Waals surface area contributed by atoms with Crippen LogP contribution in [0.2, 0.25) is 0 Å². The Labute approximate surface area is 151 Å². The van der Waals surface area contributed by atoms with Crippen molar-refractivity contribution in [2.45, 2.75) is 19.4 Å². The van der Waals surface area contributed by atoms with E-state index in [4.69, 9.17) is 4.74 Å². The van der Waals surface area contributed by atoms with Gasteiger partial charge in [-0.1, -0.05) is 42.5 Å². The van der Waals surface area contributed by atoms with Crippen molar-refractivity contribution in [3.05, 3.63) is 71.9 Å². The van der Waals surface area contributed by atoms with Gasteiger partial charge < -0.3 is 9.64 Å². The van der Waals surface area contributed by atoms with Crippen molar-refractivity contribution in [2.24, 2.45) is 0 Å². The number of amides is 1. The first kappa shape index (κ1) is 16.3. The van der Waals surface area contributed by atoms with Crippen LogP contribution < -0.4 is 4.90 Å². The summed E-state index contributed by atoms with van der Waals surface area (Å²) < 4.78 is 5.22. The fourth-order valence-corrected chi connectivity index (χ4v) is 3.40. The van der Waals surface area contributed by atoms with Crippen LogP contribution in [0.15, 0.2) is 60.7 Å². The van der Waals surface area contributed by atoms with Crippen LogP contribution in [0.1, 0.15) is 23.0 Å². The molecule has 1 atom stereocenters. The topological polar surface area (TPSA) is 59.5 Å². The first-order valence-electron chi connectivity index (χ1n) is 8.56. The van der Waals surface area contributed by atoms with Gasteiger partial charge in [0.1, 0.15) is 5.69 Å². The van der Waals surface area contributed by atoms with Crippen LogP contribution in [0.4, 0.5) is 5.69 Å². The quantitative estimate of drug-likeness (QED) is 0.682. The summed E-state index contributed by atoms with van der Waals surface area (Å²) in [5.74, 6) is -0.819. The van der Waals surface area contributed by atoms with Gasteiger partial charge in [0.15, 0.2) is 6.61 Å². The van der Waals surface area contributed by atoms with Crippen molar-refractivity contribution in [1.29, 1.82) is 0 Å². The minimum absolute atomic E-state index is 0.0531. The maximum Gasteiger partial charge on any atom is 0.357 e. The number of benzene rings is 2. The molecule has 1 aliphatic rings. The Balaban J connectivity index is 1.46. The Morgan fingerprint density at radius 2 is 1.85 bits per heavy atom. The molecular weight excluding hydrogens is 328 g/mol. The van der Waals surface area contributed by atoms with Crippen LogP contribution in [0.5, 0.6) is 0 Å². The number of pyridine rings is 1. The average molecular weight is 346 g/mol. The lowest BCUT2D eigenvalue weighted by atomic mass is 10.1. The zero-order chi connectivity index (χ0) is 18.1. The summed E-state index contributed by atoms with van der Waals surface area (Å²) in [7, 11) is 0. The number of ether oxygens (including phenoxy) is 1. The van der Waals surface area contributed by atoms with E-state index in [9.17, 15) is 9.59 Å². The number of fused-ring (bicyclic) bond motifs is 2. The number of para-hydroxylation sites is 2. The Bertz CT molecular complexity index is 999. The predicted octanol–water partition coefficient (Wildman–Crippen LogP) is 3.37. The van der Waals surface area contributed by atoms with E-state index in [1.165, 1.54) is 0 Å².